The standard InChI is InChI=1S/C10H19NO5S/c1-7(5-8(12)13)6-11-9(14)10(2,3)17(4,15)16/h7H,5-6H2,1-4H3,(H,11,14)(H,12,13). The molecule has 6 nitrogen and oxygen atoms in total. The molecule has 1 atom stereocenters. The highest BCUT2D eigenvalue weighted by Gasteiger charge is 2.38. The molecule has 0 bridgehead atoms. The molecule has 1 amide bonds. The monoisotopic (exact) mass is 265 g/mol. The number of sulfone groups is 1. The first kappa shape index (κ1) is 15.9. The first-order chi connectivity index (χ1) is 7.48. The van der Waals surface area contributed by atoms with Gasteiger partial charge in [-0.05, 0) is 19.8 Å². The highest BCUT2D eigenvalue weighted by atomic mass is 32.2. The zero-order chi connectivity index (χ0) is 13.9. The van der Waals surface area contributed by atoms with Gasteiger partial charge in [0.25, 0.3) is 0 Å². The molecule has 2 N–H and O–H groups in total. The van der Waals surface area contributed by atoms with Crippen LogP contribution in [0.1, 0.15) is 27.2 Å². The van der Waals surface area contributed by atoms with Gasteiger partial charge in [0.1, 0.15) is 4.75 Å². The van der Waals surface area contributed by atoms with E-state index in [-0.39, 0.29) is 18.9 Å². The molecule has 17 heavy (non-hydrogen) atoms. The normalized spacial score (nSPS) is 14.1. The number of carboxylic acids is 1. The summed E-state index contributed by atoms with van der Waals surface area (Å²) < 4.78 is 21.2. The zero-order valence-corrected chi connectivity index (χ0v) is 11.3. The van der Waals surface area contributed by atoms with Gasteiger partial charge in [0.2, 0.25) is 5.91 Å². The van der Waals surface area contributed by atoms with Crippen LogP contribution >= 0.6 is 0 Å². The molecule has 0 rings (SSSR count). The van der Waals surface area contributed by atoms with Crippen molar-refractivity contribution in [3.63, 3.8) is 0 Å². The van der Waals surface area contributed by atoms with Gasteiger partial charge >= 0.3 is 5.97 Å². The first-order valence-electron chi connectivity index (χ1n) is 5.18. The molecule has 0 aliphatic heterocycles. The molecule has 0 heterocycles. The maximum Gasteiger partial charge on any atom is 0.303 e. The fourth-order valence-corrected chi connectivity index (χ4v) is 1.43. The largest absolute Gasteiger partial charge is 0.481 e. The van der Waals surface area contributed by atoms with Gasteiger partial charge in [-0.2, -0.15) is 0 Å². The van der Waals surface area contributed by atoms with Gasteiger partial charge in [0.15, 0.2) is 9.84 Å². The van der Waals surface area contributed by atoms with E-state index >= 15 is 0 Å². The number of carboxylic acid groups (broad SMARTS) is 1. The van der Waals surface area contributed by atoms with Gasteiger partial charge in [0, 0.05) is 19.2 Å². The number of rotatable bonds is 6. The molecule has 0 saturated carbocycles. The fraction of sp³-hybridized carbons (Fsp3) is 0.800. The second-order valence-electron chi connectivity index (χ2n) is 4.70. The topological polar surface area (TPSA) is 101 Å². The van der Waals surface area contributed by atoms with Crippen LogP contribution in [0.25, 0.3) is 0 Å². The minimum Gasteiger partial charge on any atom is -0.481 e. The second kappa shape index (κ2) is 5.48. The molecule has 0 aromatic rings. The molecule has 0 aliphatic carbocycles. The summed E-state index contributed by atoms with van der Waals surface area (Å²) in [6.45, 7) is 4.45. The van der Waals surface area contributed by atoms with Crippen molar-refractivity contribution in [2.24, 2.45) is 5.92 Å². The molecule has 7 heteroatoms. The summed E-state index contributed by atoms with van der Waals surface area (Å²) in [6, 6.07) is 0. The Kier molecular flexibility index (Phi) is 5.12. The van der Waals surface area contributed by atoms with Gasteiger partial charge in [-0.25, -0.2) is 8.42 Å². The highest BCUT2D eigenvalue weighted by Crippen LogP contribution is 2.15. The molecule has 0 aromatic carbocycles. The summed E-state index contributed by atoms with van der Waals surface area (Å²) in [7, 11) is -3.50. The Morgan fingerprint density at radius 2 is 1.82 bits per heavy atom. The van der Waals surface area contributed by atoms with Gasteiger partial charge in [0.05, 0.1) is 0 Å². The summed E-state index contributed by atoms with van der Waals surface area (Å²) in [5.41, 5.74) is 0. The Morgan fingerprint density at radius 1 is 1.35 bits per heavy atom. The van der Waals surface area contributed by atoms with E-state index in [1.54, 1.807) is 6.92 Å². The minimum atomic E-state index is -3.50. The predicted molar refractivity (Wildman–Crippen MR) is 63.3 cm³/mol. The van der Waals surface area contributed by atoms with Crippen LogP contribution in [0.15, 0.2) is 0 Å². The maximum atomic E-state index is 11.7. The zero-order valence-electron chi connectivity index (χ0n) is 10.5. The summed E-state index contributed by atoms with van der Waals surface area (Å²) in [5.74, 6) is -1.81. The van der Waals surface area contributed by atoms with Crippen molar-refractivity contribution >= 4 is 21.7 Å². The van der Waals surface area contributed by atoms with E-state index in [1.807, 2.05) is 0 Å². The molecule has 1 unspecified atom stereocenters. The van der Waals surface area contributed by atoms with Crippen LogP contribution in [0.4, 0.5) is 0 Å². The van der Waals surface area contributed by atoms with Crippen molar-refractivity contribution in [1.29, 1.82) is 0 Å². The van der Waals surface area contributed by atoms with Crippen LogP contribution in [0.2, 0.25) is 0 Å². The van der Waals surface area contributed by atoms with Crippen molar-refractivity contribution in [3.8, 4) is 0 Å². The summed E-state index contributed by atoms with van der Waals surface area (Å²) in [4.78, 5) is 22.1. The number of carbonyl (C=O) groups is 2. The van der Waals surface area contributed by atoms with Crippen LogP contribution in [0, 0.1) is 5.92 Å². The maximum absolute atomic E-state index is 11.7. The molecular weight excluding hydrogens is 246 g/mol. The third kappa shape index (κ3) is 4.72. The molecule has 0 aromatic heterocycles. The number of hydrogen-bond donors (Lipinski definition) is 2. The van der Waals surface area contributed by atoms with E-state index < -0.39 is 26.5 Å². The van der Waals surface area contributed by atoms with Crippen LogP contribution in [-0.4, -0.2) is 42.9 Å². The Bertz CT molecular complexity index is 399. The third-order valence-corrected chi connectivity index (χ3v) is 4.65. The predicted octanol–water partition coefficient (Wildman–Crippen LogP) is 0.0366. The summed E-state index contributed by atoms with van der Waals surface area (Å²) >= 11 is 0. The Hall–Kier alpha value is -1.11. The lowest BCUT2D eigenvalue weighted by atomic mass is 10.1. The van der Waals surface area contributed by atoms with Crippen LogP contribution in [0.3, 0.4) is 0 Å². The number of carbonyl (C=O) groups excluding carboxylic acids is 1. The highest BCUT2D eigenvalue weighted by molar-refractivity contribution is 7.92. The molecule has 0 fully saturated rings. The van der Waals surface area contributed by atoms with Crippen LogP contribution in [-0.2, 0) is 19.4 Å². The van der Waals surface area contributed by atoms with E-state index in [0.717, 1.165) is 6.26 Å². The lowest BCUT2D eigenvalue weighted by Crippen LogP contribution is -2.48. The SMILES string of the molecule is CC(CNC(=O)C(C)(C)S(C)(=O)=O)CC(=O)O. The van der Waals surface area contributed by atoms with Crippen molar-refractivity contribution in [2.75, 3.05) is 12.8 Å². The van der Waals surface area contributed by atoms with E-state index in [2.05, 4.69) is 5.32 Å². The average molecular weight is 265 g/mol. The molecule has 0 saturated heterocycles. The van der Waals surface area contributed by atoms with Gasteiger partial charge in [-0.3, -0.25) is 9.59 Å². The molecule has 0 aliphatic rings. The molecule has 100 valence electrons. The molecule has 0 spiro atoms. The Balaban J connectivity index is 4.43. The van der Waals surface area contributed by atoms with E-state index in [4.69, 9.17) is 5.11 Å². The van der Waals surface area contributed by atoms with Gasteiger partial charge in [-0.1, -0.05) is 6.92 Å². The lowest BCUT2D eigenvalue weighted by molar-refractivity contribution is -0.138. The average Bonchev–Trinajstić information content (AvgIpc) is 2.10. The molecular formula is C10H19NO5S. The van der Waals surface area contributed by atoms with Crippen molar-refractivity contribution < 1.29 is 23.1 Å². The van der Waals surface area contributed by atoms with Crippen LogP contribution < -0.4 is 5.32 Å². The van der Waals surface area contributed by atoms with Gasteiger partial charge < -0.3 is 10.4 Å². The van der Waals surface area contributed by atoms with E-state index in [9.17, 15) is 18.0 Å². The fourth-order valence-electron chi connectivity index (χ4n) is 1.02. The quantitative estimate of drug-likeness (QED) is 0.706. The first-order valence-corrected chi connectivity index (χ1v) is 7.07. The van der Waals surface area contributed by atoms with Crippen molar-refractivity contribution in [1.82, 2.24) is 5.32 Å². The second-order valence-corrected chi connectivity index (χ2v) is 7.26. The Morgan fingerprint density at radius 3 is 2.18 bits per heavy atom. The third-order valence-electron chi connectivity index (χ3n) is 2.61. The van der Waals surface area contributed by atoms with Crippen molar-refractivity contribution in [2.45, 2.75) is 31.9 Å². The number of hydrogen-bond acceptors (Lipinski definition) is 4. The van der Waals surface area contributed by atoms with E-state index in [1.165, 1.54) is 13.8 Å². The van der Waals surface area contributed by atoms with Crippen molar-refractivity contribution in [3.05, 3.63) is 0 Å². The smallest absolute Gasteiger partial charge is 0.303 e. The summed E-state index contributed by atoms with van der Waals surface area (Å²) in [6.07, 6.45) is 0.923. The lowest BCUT2D eigenvalue weighted by Gasteiger charge is -2.22. The Labute approximate surface area is 101 Å². The molecule has 0 radical (unpaired) electrons. The number of nitrogens with one attached hydrogen (secondary N) is 1. The number of amides is 1. The van der Waals surface area contributed by atoms with Crippen LogP contribution in [0.5, 0.6) is 0 Å². The minimum absolute atomic E-state index is 0.0699. The number of aliphatic carboxylic acids is 1. The summed E-state index contributed by atoms with van der Waals surface area (Å²) in [5, 5.41) is 11.0. The van der Waals surface area contributed by atoms with Gasteiger partial charge in [-0.15, -0.1) is 0 Å². The van der Waals surface area contributed by atoms with E-state index in [0.29, 0.717) is 0 Å².